The van der Waals surface area contributed by atoms with Crippen LogP contribution in [0.25, 0.3) is 0 Å². The number of halogens is 3. The molecule has 1 aromatic rings. The maximum absolute atomic E-state index is 2.50. The van der Waals surface area contributed by atoms with Crippen LogP contribution in [0.5, 0.6) is 0 Å². The smallest absolute Gasteiger partial charge is 1.00 e. The van der Waals surface area contributed by atoms with Crippen LogP contribution in [0.2, 0.25) is 15.4 Å². The second-order valence-corrected chi connectivity index (χ2v) is 14.1. The zero-order chi connectivity index (χ0) is 15.7. The van der Waals surface area contributed by atoms with Crippen molar-refractivity contribution in [1.29, 1.82) is 0 Å². The fourth-order valence-corrected chi connectivity index (χ4v) is 12.3. The maximum atomic E-state index is 2.50. The van der Waals surface area contributed by atoms with Gasteiger partial charge < -0.3 is 37.2 Å². The van der Waals surface area contributed by atoms with Gasteiger partial charge in [0.25, 0.3) is 0 Å². The molecule has 0 amide bonds. The van der Waals surface area contributed by atoms with Crippen molar-refractivity contribution in [2.75, 3.05) is 0 Å². The molecule has 0 saturated carbocycles. The van der Waals surface area contributed by atoms with E-state index in [2.05, 4.69) is 104 Å². The van der Waals surface area contributed by atoms with E-state index in [0.29, 0.717) is 0 Å². The molecule has 2 rings (SSSR count). The molecule has 0 nitrogen and oxygen atoms in total. The molecule has 1 aliphatic carbocycles. The summed E-state index contributed by atoms with van der Waals surface area (Å²) in [5.74, 6) is 0. The minimum atomic E-state index is -1.64. The van der Waals surface area contributed by atoms with Crippen molar-refractivity contribution in [1.82, 2.24) is 0 Å². The Morgan fingerprint density at radius 3 is 1.88 bits per heavy atom. The van der Waals surface area contributed by atoms with Crippen molar-refractivity contribution in [3.8, 4) is 0 Å². The van der Waals surface area contributed by atoms with Gasteiger partial charge in [0.05, 0.1) is 0 Å². The molecule has 0 spiro atoms. The van der Waals surface area contributed by atoms with E-state index < -0.39 is 8.07 Å². The monoisotopic (exact) mass is 436 g/mol. The number of rotatable bonds is 4. The first-order valence-electron chi connectivity index (χ1n) is 8.03. The predicted octanol–water partition coefficient (Wildman–Crippen LogP) is -3.82. The molecule has 132 valence electrons. The average molecular weight is 438 g/mol. The molecule has 0 N–H and O–H groups in total. The zero-order valence-electron chi connectivity index (χ0n) is 15.2. The van der Waals surface area contributed by atoms with E-state index in [0.717, 1.165) is 0 Å². The van der Waals surface area contributed by atoms with Crippen LogP contribution in [-0.2, 0) is 20.4 Å². The molecule has 1 aromatic carbocycles. The third-order valence-corrected chi connectivity index (χ3v) is 13.9. The molecular formula is C19H27Cl3SiTi. The summed E-state index contributed by atoms with van der Waals surface area (Å²) in [6, 6.07) is 13.9. The Kier molecular flexibility index (Phi) is 11.1. The normalized spacial score (nSPS) is 19.7. The van der Waals surface area contributed by atoms with E-state index in [-0.39, 0.29) is 46.0 Å². The van der Waals surface area contributed by atoms with Gasteiger partial charge in [-0.1, -0.05) is 0 Å². The van der Waals surface area contributed by atoms with E-state index in [1.54, 1.807) is 10.8 Å². The van der Waals surface area contributed by atoms with Crippen LogP contribution in [0.1, 0.15) is 34.6 Å². The van der Waals surface area contributed by atoms with E-state index in [1.165, 1.54) is 12.1 Å². The van der Waals surface area contributed by atoms with E-state index in [9.17, 15) is 0 Å². The molecule has 5 heteroatoms. The van der Waals surface area contributed by atoms with E-state index in [1.807, 2.05) is 0 Å². The van der Waals surface area contributed by atoms with Gasteiger partial charge in [-0.3, -0.25) is 0 Å². The summed E-state index contributed by atoms with van der Waals surface area (Å²) in [6.07, 6.45) is 7.19. The summed E-state index contributed by atoms with van der Waals surface area (Å²) in [4.78, 5) is 0. The van der Waals surface area contributed by atoms with Crippen LogP contribution >= 0.6 is 0 Å². The molecule has 0 saturated heterocycles. The quantitative estimate of drug-likeness (QED) is 0.424. The first-order valence-corrected chi connectivity index (χ1v) is 11.2. The van der Waals surface area contributed by atoms with Gasteiger partial charge in [-0.05, 0) is 0 Å². The van der Waals surface area contributed by atoms with Gasteiger partial charge in [0.2, 0.25) is 0 Å². The molecular weight excluding hydrogens is 411 g/mol. The fraction of sp³-hybridized carbons (Fsp3) is 0.474. The predicted molar refractivity (Wildman–Crippen MR) is 92.2 cm³/mol. The molecule has 1 unspecified atom stereocenters. The van der Waals surface area contributed by atoms with Crippen LogP contribution in [0.4, 0.5) is 0 Å². The van der Waals surface area contributed by atoms with E-state index in [4.69, 9.17) is 0 Å². The number of hydrogen-bond acceptors (Lipinski definition) is 0. The number of hydrogen-bond donors (Lipinski definition) is 0. The standard InChI is InChI=1S/C19H27Si.3ClH.Ti/c1-6-20(7-2,16-12-9-8-10-13-16)18-15-11-14-17(18)19(3,4)5;;;;/h8-15H,6-7H2,1-5H3;3*1H;/q;;;;+3/p-3. The first-order chi connectivity index (χ1) is 9.82. The molecule has 0 radical (unpaired) electrons. The molecule has 0 bridgehead atoms. The Labute approximate surface area is 179 Å². The van der Waals surface area contributed by atoms with E-state index >= 15 is 0 Å². The molecule has 0 fully saturated rings. The zero-order valence-corrected chi connectivity index (χ0v) is 20.0. The Morgan fingerprint density at radius 1 is 0.958 bits per heavy atom. The first kappa shape index (κ1) is 26.7. The van der Waals surface area contributed by atoms with Crippen LogP contribution in [0, 0.1) is 5.41 Å². The summed E-state index contributed by atoms with van der Waals surface area (Å²) in [5, 5.41) is 1.61. The van der Waals surface area contributed by atoms with Crippen molar-refractivity contribution >= 4 is 13.3 Å². The Balaban J connectivity index is 0. The second kappa shape index (κ2) is 10.00. The summed E-state index contributed by atoms with van der Waals surface area (Å²) in [6.45, 7) is 11.9. The number of benzene rings is 1. The SMILES string of the molecule is CC[Si](CC)(c1ccccc1)[C]1([Ti+3])C=CC=C1C(C)(C)C.[Cl-].[Cl-].[Cl-]. The van der Waals surface area contributed by atoms with Crippen molar-refractivity contribution in [2.45, 2.75) is 50.0 Å². The van der Waals surface area contributed by atoms with Crippen LogP contribution < -0.4 is 42.4 Å². The van der Waals surface area contributed by atoms with Gasteiger partial charge >= 0.3 is 143 Å². The molecule has 1 atom stereocenters. The summed E-state index contributed by atoms with van der Waals surface area (Å²) < 4.78 is 0.232. The minimum absolute atomic E-state index is 0. The van der Waals surface area contributed by atoms with Crippen LogP contribution in [-0.4, -0.2) is 8.07 Å². The molecule has 0 heterocycles. The van der Waals surface area contributed by atoms with Gasteiger partial charge in [-0.15, -0.1) is 0 Å². The topological polar surface area (TPSA) is 0 Å². The molecule has 1 aliphatic rings. The minimum Gasteiger partial charge on any atom is -1.00 e. The van der Waals surface area contributed by atoms with Gasteiger partial charge in [-0.25, -0.2) is 0 Å². The van der Waals surface area contributed by atoms with Crippen molar-refractivity contribution in [2.24, 2.45) is 5.41 Å². The maximum Gasteiger partial charge on any atom is -1.00 e. The third-order valence-electron chi connectivity index (χ3n) is 5.13. The van der Waals surface area contributed by atoms with Gasteiger partial charge in [0.1, 0.15) is 0 Å². The van der Waals surface area contributed by atoms with Gasteiger partial charge in [0, 0.05) is 0 Å². The number of allylic oxidation sites excluding steroid dienone is 4. The summed E-state index contributed by atoms with van der Waals surface area (Å²) in [7, 11) is -1.64. The molecule has 24 heavy (non-hydrogen) atoms. The summed E-state index contributed by atoms with van der Waals surface area (Å²) in [5.41, 5.74) is 1.85. The average Bonchev–Trinajstić information content (AvgIpc) is 2.85. The summed E-state index contributed by atoms with van der Waals surface area (Å²) >= 11 is 2.50. The van der Waals surface area contributed by atoms with Crippen LogP contribution in [0.15, 0.2) is 54.1 Å². The Morgan fingerprint density at radius 2 is 1.46 bits per heavy atom. The van der Waals surface area contributed by atoms with Crippen molar-refractivity contribution < 1.29 is 57.7 Å². The molecule has 0 aliphatic heterocycles. The van der Waals surface area contributed by atoms with Gasteiger partial charge in [0.15, 0.2) is 0 Å². The second-order valence-electron chi connectivity index (χ2n) is 7.15. The molecule has 0 aromatic heterocycles. The fourth-order valence-electron chi connectivity index (χ4n) is 3.97. The van der Waals surface area contributed by atoms with Crippen molar-refractivity contribution in [3.05, 3.63) is 54.1 Å². The van der Waals surface area contributed by atoms with Crippen LogP contribution in [0.3, 0.4) is 0 Å². The Hall–Kier alpha value is 0.501. The van der Waals surface area contributed by atoms with Gasteiger partial charge in [-0.2, -0.15) is 0 Å². The van der Waals surface area contributed by atoms with Crippen molar-refractivity contribution in [3.63, 3.8) is 0 Å². The largest absolute Gasteiger partial charge is 1.00 e. The third kappa shape index (κ3) is 4.42. The Bertz CT molecular complexity index is 560.